The van der Waals surface area contributed by atoms with Crippen LogP contribution in [0.3, 0.4) is 0 Å². The summed E-state index contributed by atoms with van der Waals surface area (Å²) in [5.41, 5.74) is 8.56. The van der Waals surface area contributed by atoms with E-state index in [9.17, 15) is 4.79 Å². The molecule has 10 heteroatoms. The van der Waals surface area contributed by atoms with Crippen LogP contribution in [0.5, 0.6) is 0 Å². The maximum absolute atomic E-state index is 12.7. The highest BCUT2D eigenvalue weighted by molar-refractivity contribution is 14.1. The number of nitrogens with one attached hydrogen (secondary N) is 2. The fourth-order valence-electron chi connectivity index (χ4n) is 5.25. The number of amides is 1. The zero-order chi connectivity index (χ0) is 25.8. The molecule has 2 aromatic carbocycles. The van der Waals surface area contributed by atoms with E-state index in [2.05, 4.69) is 83.3 Å². The van der Waals surface area contributed by atoms with Gasteiger partial charge in [-0.05, 0) is 57.7 Å². The summed E-state index contributed by atoms with van der Waals surface area (Å²) in [4.78, 5) is 26.2. The first kappa shape index (κ1) is 26.1. The van der Waals surface area contributed by atoms with E-state index in [-0.39, 0.29) is 22.6 Å². The van der Waals surface area contributed by atoms with Crippen molar-refractivity contribution in [1.82, 2.24) is 25.1 Å². The Balaban J connectivity index is 1.06. The van der Waals surface area contributed by atoms with Crippen molar-refractivity contribution >= 4 is 51.7 Å². The van der Waals surface area contributed by atoms with Crippen LogP contribution >= 0.6 is 34.2 Å². The van der Waals surface area contributed by atoms with Gasteiger partial charge in [0.05, 0.1) is 0 Å². The number of fused-ring (bicyclic) bond motifs is 1. The number of hydrogen-bond acceptors (Lipinski definition) is 7. The highest BCUT2D eigenvalue weighted by atomic mass is 127. The zero-order valence-electron chi connectivity index (χ0n) is 20.5. The molecule has 4 N–H and O–H groups in total. The van der Waals surface area contributed by atoms with Gasteiger partial charge < -0.3 is 21.3 Å². The van der Waals surface area contributed by atoms with Crippen molar-refractivity contribution in [2.24, 2.45) is 11.8 Å². The number of likely N-dealkylation sites (tertiary alicyclic amines) is 2. The molecule has 37 heavy (non-hydrogen) atoms. The number of nitrogens with zero attached hydrogens (tertiary/aromatic N) is 4. The molecule has 2 fully saturated rings. The number of rotatable bonds is 9. The highest BCUT2D eigenvalue weighted by Crippen LogP contribution is 2.31. The fraction of sp³-hybridized carbons (Fsp3) is 0.370. The number of anilines is 2. The van der Waals surface area contributed by atoms with Gasteiger partial charge in [0.1, 0.15) is 0 Å². The Morgan fingerprint density at radius 2 is 1.65 bits per heavy atom. The molecule has 2 aliphatic heterocycles. The summed E-state index contributed by atoms with van der Waals surface area (Å²) < 4.78 is 1.16. The lowest BCUT2D eigenvalue weighted by atomic mass is 10.0. The van der Waals surface area contributed by atoms with Gasteiger partial charge >= 0.3 is 0 Å². The average Bonchev–Trinajstić information content (AvgIpc) is 3.44. The Hall–Kier alpha value is -2.47. The van der Waals surface area contributed by atoms with E-state index >= 15 is 0 Å². The van der Waals surface area contributed by atoms with Crippen LogP contribution in [-0.2, 0) is 13.1 Å². The number of aromatic nitrogens is 2. The second kappa shape index (κ2) is 11.9. The molecule has 3 aromatic rings. The molecule has 2 saturated heterocycles. The van der Waals surface area contributed by atoms with Crippen LogP contribution in [-0.4, -0.2) is 64.9 Å². The molecule has 0 aliphatic carbocycles. The van der Waals surface area contributed by atoms with Crippen molar-refractivity contribution in [3.8, 4) is 0 Å². The van der Waals surface area contributed by atoms with Crippen LogP contribution in [0.4, 0.5) is 11.6 Å². The van der Waals surface area contributed by atoms with Gasteiger partial charge in [-0.15, -0.1) is 0 Å². The monoisotopic (exact) mass is 631 g/mol. The SMILES string of the molecule is Nc1nc(NCc2ccc(I)cc2)c(Cl)nc1C(=O)NCCN1CC2CN(Cc3ccccc3)CC2C1. The van der Waals surface area contributed by atoms with E-state index in [0.717, 1.165) is 48.4 Å². The van der Waals surface area contributed by atoms with Crippen molar-refractivity contribution in [1.29, 1.82) is 0 Å². The standard InChI is InChI=1S/C27H31ClIN7O/c28-24-26(32-12-18-6-8-22(29)9-7-18)34-25(30)23(33-24)27(37)31-10-11-35-14-20-16-36(17-21(20)15-35)13-19-4-2-1-3-5-19/h1-9,20-21H,10-17H2,(H,31,37)(H3,30,32,34). The zero-order valence-corrected chi connectivity index (χ0v) is 23.5. The lowest BCUT2D eigenvalue weighted by Crippen LogP contribution is -2.36. The van der Waals surface area contributed by atoms with Gasteiger partial charge in [0.2, 0.25) is 0 Å². The number of hydrogen-bond donors (Lipinski definition) is 3. The van der Waals surface area contributed by atoms with Crippen LogP contribution in [0.2, 0.25) is 5.15 Å². The first-order chi connectivity index (χ1) is 17.9. The van der Waals surface area contributed by atoms with E-state index in [1.165, 1.54) is 5.56 Å². The van der Waals surface area contributed by atoms with Gasteiger partial charge in [-0.2, -0.15) is 0 Å². The Labute approximate surface area is 236 Å². The first-order valence-corrected chi connectivity index (χ1v) is 14.0. The van der Waals surface area contributed by atoms with E-state index in [4.69, 9.17) is 17.3 Å². The number of nitrogens with two attached hydrogens (primary N) is 1. The molecule has 1 aromatic heterocycles. The van der Waals surface area contributed by atoms with Crippen molar-refractivity contribution in [2.45, 2.75) is 13.1 Å². The lowest BCUT2D eigenvalue weighted by Gasteiger charge is -2.21. The van der Waals surface area contributed by atoms with Crippen molar-refractivity contribution in [3.63, 3.8) is 0 Å². The molecule has 5 rings (SSSR count). The average molecular weight is 632 g/mol. The van der Waals surface area contributed by atoms with Gasteiger partial charge in [-0.1, -0.05) is 54.1 Å². The Morgan fingerprint density at radius 3 is 2.35 bits per heavy atom. The van der Waals surface area contributed by atoms with E-state index in [1.807, 2.05) is 24.3 Å². The minimum atomic E-state index is -0.357. The lowest BCUT2D eigenvalue weighted by molar-refractivity contribution is 0.0945. The maximum Gasteiger partial charge on any atom is 0.273 e. The summed E-state index contributed by atoms with van der Waals surface area (Å²) in [6.07, 6.45) is 0. The van der Waals surface area contributed by atoms with Gasteiger partial charge in [0, 0.05) is 55.9 Å². The molecule has 0 bridgehead atoms. The second-order valence-corrected chi connectivity index (χ2v) is 11.4. The van der Waals surface area contributed by atoms with E-state index in [0.29, 0.717) is 30.7 Å². The van der Waals surface area contributed by atoms with Crippen molar-refractivity contribution in [3.05, 3.63) is 80.1 Å². The summed E-state index contributed by atoms with van der Waals surface area (Å²) in [6.45, 7) is 7.29. The minimum absolute atomic E-state index is 0.0552. The molecular weight excluding hydrogens is 601 g/mol. The van der Waals surface area contributed by atoms with Crippen LogP contribution in [0.1, 0.15) is 21.6 Å². The van der Waals surface area contributed by atoms with Crippen LogP contribution in [0.25, 0.3) is 0 Å². The number of benzene rings is 2. The molecule has 8 nitrogen and oxygen atoms in total. The normalized spacial score (nSPS) is 19.6. The summed E-state index contributed by atoms with van der Waals surface area (Å²) in [5, 5.41) is 6.19. The molecule has 0 saturated carbocycles. The number of halogens is 2. The van der Waals surface area contributed by atoms with Gasteiger partial charge in [0.25, 0.3) is 5.91 Å². The van der Waals surface area contributed by atoms with Crippen molar-refractivity contribution in [2.75, 3.05) is 50.3 Å². The number of nitrogen functional groups attached to an aromatic ring is 1. The highest BCUT2D eigenvalue weighted by Gasteiger charge is 2.39. The molecule has 3 heterocycles. The van der Waals surface area contributed by atoms with Crippen LogP contribution < -0.4 is 16.4 Å². The first-order valence-electron chi connectivity index (χ1n) is 12.5. The summed E-state index contributed by atoms with van der Waals surface area (Å²) >= 11 is 8.57. The number of carbonyl (C=O) groups is 1. The van der Waals surface area contributed by atoms with Gasteiger partial charge in [-0.3, -0.25) is 9.69 Å². The van der Waals surface area contributed by atoms with Gasteiger partial charge in [0.15, 0.2) is 22.5 Å². The third-order valence-electron chi connectivity index (χ3n) is 7.07. The molecule has 2 unspecified atom stereocenters. The Kier molecular flexibility index (Phi) is 8.43. The maximum atomic E-state index is 12.7. The van der Waals surface area contributed by atoms with Crippen LogP contribution in [0.15, 0.2) is 54.6 Å². The Bertz CT molecular complexity index is 1210. The quantitative estimate of drug-likeness (QED) is 0.310. The van der Waals surface area contributed by atoms with Crippen molar-refractivity contribution < 1.29 is 4.79 Å². The minimum Gasteiger partial charge on any atom is -0.382 e. The molecule has 2 aliphatic rings. The molecule has 1 amide bonds. The predicted octanol–water partition coefficient (Wildman–Crippen LogP) is 3.72. The molecular formula is C27H31ClIN7O. The summed E-state index contributed by atoms with van der Waals surface area (Å²) in [7, 11) is 0. The Morgan fingerprint density at radius 1 is 0.973 bits per heavy atom. The van der Waals surface area contributed by atoms with E-state index < -0.39 is 0 Å². The summed E-state index contributed by atoms with van der Waals surface area (Å²) in [6, 6.07) is 18.8. The largest absolute Gasteiger partial charge is 0.382 e. The fourth-order valence-corrected chi connectivity index (χ4v) is 5.80. The number of carbonyl (C=O) groups excluding carboxylic acids is 1. The topological polar surface area (TPSA) is 99.4 Å². The molecule has 0 radical (unpaired) electrons. The molecule has 194 valence electrons. The van der Waals surface area contributed by atoms with Gasteiger partial charge in [-0.25, -0.2) is 9.97 Å². The third-order valence-corrected chi connectivity index (χ3v) is 8.05. The third kappa shape index (κ3) is 6.70. The summed E-state index contributed by atoms with van der Waals surface area (Å²) in [5.74, 6) is 1.45. The predicted molar refractivity (Wildman–Crippen MR) is 155 cm³/mol. The molecule has 2 atom stereocenters. The molecule has 0 spiro atoms. The van der Waals surface area contributed by atoms with E-state index in [1.54, 1.807) is 0 Å². The van der Waals surface area contributed by atoms with Crippen LogP contribution in [0, 0.1) is 15.4 Å². The second-order valence-electron chi connectivity index (χ2n) is 9.79. The smallest absolute Gasteiger partial charge is 0.273 e.